The second kappa shape index (κ2) is 8.25. The summed E-state index contributed by atoms with van der Waals surface area (Å²) >= 11 is 6.05. The van der Waals surface area contributed by atoms with Crippen LogP contribution in [0.3, 0.4) is 0 Å². The second-order valence-corrected chi connectivity index (χ2v) is 9.54. The lowest BCUT2D eigenvalue weighted by atomic mass is 9.96. The molecule has 1 amide bonds. The van der Waals surface area contributed by atoms with Gasteiger partial charge in [-0.25, -0.2) is 0 Å². The van der Waals surface area contributed by atoms with E-state index in [9.17, 15) is 9.90 Å². The maximum Gasteiger partial charge on any atom is 0.251 e. The summed E-state index contributed by atoms with van der Waals surface area (Å²) in [5.74, 6) is -0.243. The summed E-state index contributed by atoms with van der Waals surface area (Å²) in [6, 6.07) is 15.2. The van der Waals surface area contributed by atoms with Crippen molar-refractivity contribution in [2.24, 2.45) is 0 Å². The van der Waals surface area contributed by atoms with E-state index in [1.165, 1.54) is 0 Å². The molecule has 5 nitrogen and oxygen atoms in total. The highest BCUT2D eigenvalue weighted by molar-refractivity contribution is 6.30. The molecule has 0 atom stereocenters. The number of nitrogens with one attached hydrogen (secondary N) is 1. The molecule has 2 N–H and O–H groups in total. The molecule has 0 aliphatic carbocycles. The fraction of sp³-hybridized carbons (Fsp3) is 0.333. The van der Waals surface area contributed by atoms with Gasteiger partial charge in [0.05, 0.1) is 23.4 Å². The number of benzene rings is 2. The molecular weight excluding hydrogens is 398 g/mol. The molecule has 1 heterocycles. The molecular formula is C24H28ClN3O2. The van der Waals surface area contributed by atoms with Gasteiger partial charge in [-0.1, -0.05) is 23.7 Å². The summed E-state index contributed by atoms with van der Waals surface area (Å²) in [5, 5.41) is 17.6. The number of halogens is 1. The van der Waals surface area contributed by atoms with Crippen LogP contribution < -0.4 is 5.32 Å². The van der Waals surface area contributed by atoms with E-state index in [1.807, 2.05) is 47.1 Å². The molecule has 0 fully saturated rings. The van der Waals surface area contributed by atoms with Crippen LogP contribution >= 0.6 is 11.6 Å². The quantitative estimate of drug-likeness (QED) is 0.595. The number of carbonyl (C=O) groups excluding carboxylic acids is 1. The van der Waals surface area contributed by atoms with Crippen LogP contribution in [0, 0.1) is 0 Å². The number of aromatic nitrogens is 2. The van der Waals surface area contributed by atoms with E-state index >= 15 is 0 Å². The molecule has 0 aliphatic rings. The Balaban J connectivity index is 2.15. The van der Waals surface area contributed by atoms with E-state index in [1.54, 1.807) is 20.0 Å². The SMILES string of the molecule is CC(C)(CO)NC(=O)c1cc(-c2ccc(Cl)cc2)cc(-c2ccnn2C(C)(C)C)c1. The van der Waals surface area contributed by atoms with Crippen molar-refractivity contribution in [1.82, 2.24) is 15.1 Å². The third kappa shape index (κ3) is 4.91. The molecule has 3 rings (SSSR count). The summed E-state index contributed by atoms with van der Waals surface area (Å²) in [5.41, 5.74) is 3.25. The highest BCUT2D eigenvalue weighted by Crippen LogP contribution is 2.31. The molecule has 0 aliphatic heterocycles. The number of hydrogen-bond acceptors (Lipinski definition) is 3. The van der Waals surface area contributed by atoms with Crippen molar-refractivity contribution in [3.8, 4) is 22.4 Å². The standard InChI is InChI=1S/C24H28ClN3O2/c1-23(2,3)28-21(10-11-26-28)18-12-17(16-6-8-20(25)9-7-16)13-19(14-18)22(30)27-24(4,5)15-29/h6-14,29H,15H2,1-5H3,(H,27,30). The monoisotopic (exact) mass is 425 g/mol. The molecule has 0 saturated carbocycles. The number of nitrogens with zero attached hydrogens (tertiary/aromatic N) is 2. The highest BCUT2D eigenvalue weighted by Gasteiger charge is 2.23. The van der Waals surface area contributed by atoms with Gasteiger partial charge in [0, 0.05) is 22.3 Å². The largest absolute Gasteiger partial charge is 0.394 e. The topological polar surface area (TPSA) is 67.2 Å². The van der Waals surface area contributed by atoms with Gasteiger partial charge in [0.25, 0.3) is 5.91 Å². The van der Waals surface area contributed by atoms with Gasteiger partial charge in [0.2, 0.25) is 0 Å². The molecule has 6 heteroatoms. The fourth-order valence-corrected chi connectivity index (χ4v) is 3.32. The van der Waals surface area contributed by atoms with Crippen molar-refractivity contribution in [2.75, 3.05) is 6.61 Å². The number of aliphatic hydroxyl groups is 1. The summed E-state index contributed by atoms with van der Waals surface area (Å²) in [7, 11) is 0. The van der Waals surface area contributed by atoms with Gasteiger partial charge in [-0.05, 0) is 82.1 Å². The second-order valence-electron chi connectivity index (χ2n) is 9.10. The van der Waals surface area contributed by atoms with Gasteiger partial charge in [-0.3, -0.25) is 9.48 Å². The van der Waals surface area contributed by atoms with Crippen LogP contribution in [0.25, 0.3) is 22.4 Å². The summed E-state index contributed by atoms with van der Waals surface area (Å²) in [6.07, 6.45) is 1.77. The van der Waals surface area contributed by atoms with E-state index < -0.39 is 5.54 Å². The molecule has 30 heavy (non-hydrogen) atoms. The van der Waals surface area contributed by atoms with Crippen LogP contribution in [0.1, 0.15) is 45.0 Å². The minimum atomic E-state index is -0.722. The number of amides is 1. The molecule has 0 unspecified atom stereocenters. The van der Waals surface area contributed by atoms with Crippen molar-refractivity contribution in [1.29, 1.82) is 0 Å². The highest BCUT2D eigenvalue weighted by atomic mass is 35.5. The predicted octanol–water partition coefficient (Wildman–Crippen LogP) is 5.13. The lowest BCUT2D eigenvalue weighted by Gasteiger charge is -2.25. The maximum absolute atomic E-state index is 13.0. The van der Waals surface area contributed by atoms with Crippen molar-refractivity contribution in [2.45, 2.75) is 45.7 Å². The first-order chi connectivity index (χ1) is 14.0. The average Bonchev–Trinajstić information content (AvgIpc) is 3.18. The van der Waals surface area contributed by atoms with Gasteiger partial charge in [-0.2, -0.15) is 5.10 Å². The van der Waals surface area contributed by atoms with E-state index in [2.05, 4.69) is 37.3 Å². The van der Waals surface area contributed by atoms with Gasteiger partial charge >= 0.3 is 0 Å². The van der Waals surface area contributed by atoms with Crippen LogP contribution in [0.4, 0.5) is 0 Å². The molecule has 0 radical (unpaired) electrons. The Labute approximate surface area is 182 Å². The first-order valence-electron chi connectivity index (χ1n) is 9.89. The normalized spacial score (nSPS) is 12.1. The minimum Gasteiger partial charge on any atom is -0.394 e. The first kappa shape index (κ1) is 22.1. The summed E-state index contributed by atoms with van der Waals surface area (Å²) in [6.45, 7) is 9.67. The minimum absolute atomic E-state index is 0.154. The van der Waals surface area contributed by atoms with Crippen LogP contribution in [0.15, 0.2) is 54.7 Å². The lowest BCUT2D eigenvalue weighted by molar-refractivity contribution is 0.0869. The van der Waals surface area contributed by atoms with Crippen LogP contribution in [-0.2, 0) is 5.54 Å². The maximum atomic E-state index is 13.0. The first-order valence-corrected chi connectivity index (χ1v) is 10.3. The lowest BCUT2D eigenvalue weighted by Crippen LogP contribution is -2.46. The summed E-state index contributed by atoms with van der Waals surface area (Å²) < 4.78 is 1.95. The van der Waals surface area contributed by atoms with Crippen molar-refractivity contribution in [3.05, 3.63) is 65.3 Å². The van der Waals surface area contributed by atoms with Crippen molar-refractivity contribution < 1.29 is 9.90 Å². The van der Waals surface area contributed by atoms with Crippen LogP contribution in [-0.4, -0.2) is 32.9 Å². The molecule has 2 aromatic carbocycles. The zero-order valence-electron chi connectivity index (χ0n) is 18.0. The molecule has 3 aromatic rings. The van der Waals surface area contributed by atoms with E-state index in [0.29, 0.717) is 10.6 Å². The van der Waals surface area contributed by atoms with Gasteiger partial charge in [0.15, 0.2) is 0 Å². The third-order valence-corrected chi connectivity index (χ3v) is 5.05. The van der Waals surface area contributed by atoms with Crippen LogP contribution in [0.2, 0.25) is 5.02 Å². The zero-order chi connectivity index (χ0) is 22.1. The molecule has 0 bridgehead atoms. The Morgan fingerprint density at radius 3 is 2.23 bits per heavy atom. The van der Waals surface area contributed by atoms with Crippen molar-refractivity contribution >= 4 is 17.5 Å². The van der Waals surface area contributed by atoms with Crippen molar-refractivity contribution in [3.63, 3.8) is 0 Å². The van der Waals surface area contributed by atoms with E-state index in [0.717, 1.165) is 22.4 Å². The Bertz CT molecular complexity index is 1050. The molecule has 0 saturated heterocycles. The molecule has 158 valence electrons. The Morgan fingerprint density at radius 1 is 1.00 bits per heavy atom. The molecule has 1 aromatic heterocycles. The fourth-order valence-electron chi connectivity index (χ4n) is 3.19. The Hall–Kier alpha value is -2.63. The number of hydrogen-bond donors (Lipinski definition) is 2. The summed E-state index contributed by atoms with van der Waals surface area (Å²) in [4.78, 5) is 13.0. The number of carbonyl (C=O) groups is 1. The molecule has 0 spiro atoms. The number of aliphatic hydroxyl groups excluding tert-OH is 1. The third-order valence-electron chi connectivity index (χ3n) is 4.79. The predicted molar refractivity (Wildman–Crippen MR) is 122 cm³/mol. The smallest absolute Gasteiger partial charge is 0.251 e. The average molecular weight is 426 g/mol. The van der Waals surface area contributed by atoms with Gasteiger partial charge in [0.1, 0.15) is 0 Å². The van der Waals surface area contributed by atoms with Crippen LogP contribution in [0.5, 0.6) is 0 Å². The van der Waals surface area contributed by atoms with E-state index in [-0.39, 0.29) is 18.1 Å². The van der Waals surface area contributed by atoms with Gasteiger partial charge in [-0.15, -0.1) is 0 Å². The Morgan fingerprint density at radius 2 is 1.63 bits per heavy atom. The Kier molecular flexibility index (Phi) is 6.06. The number of rotatable bonds is 5. The van der Waals surface area contributed by atoms with Gasteiger partial charge < -0.3 is 10.4 Å². The zero-order valence-corrected chi connectivity index (χ0v) is 18.8. The van der Waals surface area contributed by atoms with E-state index in [4.69, 9.17) is 11.6 Å².